The molecule has 3 aromatic heterocycles. The van der Waals surface area contributed by atoms with E-state index in [1.807, 2.05) is 0 Å². The molecular formula is C13H16N6O5. The molecule has 11 nitrogen and oxygen atoms in total. The molecule has 0 radical (unpaired) electrons. The van der Waals surface area contributed by atoms with Crippen molar-refractivity contribution in [2.45, 2.75) is 24.5 Å². The third-order valence-electron chi connectivity index (χ3n) is 4.25. The lowest BCUT2D eigenvalue weighted by Gasteiger charge is -2.17. The van der Waals surface area contributed by atoms with Crippen molar-refractivity contribution < 1.29 is 19.7 Å². The molecule has 128 valence electrons. The number of hydrogen-bond acceptors (Lipinski definition) is 8. The molecule has 0 aromatic carbocycles. The smallest absolute Gasteiger partial charge is 0.303 e. The first kappa shape index (κ1) is 15.2. The van der Waals surface area contributed by atoms with E-state index in [-0.39, 0.29) is 17.8 Å². The number of aryl methyl sites for hydroxylation is 1. The number of ether oxygens (including phenoxy) is 2. The van der Waals surface area contributed by atoms with Crippen LogP contribution in [0.1, 0.15) is 6.23 Å². The van der Waals surface area contributed by atoms with Crippen molar-refractivity contribution in [1.29, 1.82) is 0 Å². The zero-order chi connectivity index (χ0) is 17.0. The Morgan fingerprint density at radius 1 is 1.42 bits per heavy atom. The fourth-order valence-electron chi connectivity index (χ4n) is 3.04. The van der Waals surface area contributed by atoms with Gasteiger partial charge in [-0.1, -0.05) is 0 Å². The Labute approximate surface area is 134 Å². The van der Waals surface area contributed by atoms with Gasteiger partial charge in [0.2, 0.25) is 5.78 Å². The van der Waals surface area contributed by atoms with Crippen LogP contribution in [0.25, 0.3) is 16.9 Å². The molecule has 0 saturated carbocycles. The molecule has 1 aliphatic rings. The van der Waals surface area contributed by atoms with Crippen LogP contribution in [0.3, 0.4) is 0 Å². The van der Waals surface area contributed by atoms with Crippen LogP contribution in [-0.2, 0) is 16.5 Å². The van der Waals surface area contributed by atoms with Crippen LogP contribution >= 0.6 is 0 Å². The predicted octanol–water partition coefficient (Wildman–Crippen LogP) is -1.96. The number of methoxy groups -OCH3 is 1. The number of rotatable bonds is 3. The number of fused-ring (bicyclic) bond motifs is 2. The van der Waals surface area contributed by atoms with Crippen LogP contribution in [0.4, 0.5) is 0 Å². The first-order valence-corrected chi connectivity index (χ1v) is 7.31. The van der Waals surface area contributed by atoms with Crippen LogP contribution in [0.15, 0.2) is 17.4 Å². The Kier molecular flexibility index (Phi) is 3.38. The summed E-state index contributed by atoms with van der Waals surface area (Å²) in [7, 11) is 3.14. The van der Waals surface area contributed by atoms with Crippen LogP contribution in [0, 0.1) is 0 Å². The highest BCUT2D eigenvalue weighted by Crippen LogP contribution is 2.32. The van der Waals surface area contributed by atoms with E-state index in [2.05, 4.69) is 15.1 Å². The van der Waals surface area contributed by atoms with Gasteiger partial charge >= 0.3 is 5.56 Å². The lowest BCUT2D eigenvalue weighted by atomic mass is 10.1. The minimum absolute atomic E-state index is 0.114. The minimum Gasteiger partial charge on any atom is -0.394 e. The summed E-state index contributed by atoms with van der Waals surface area (Å²) in [4.78, 5) is 20.9. The highest BCUT2D eigenvalue weighted by atomic mass is 16.6. The van der Waals surface area contributed by atoms with E-state index in [1.54, 1.807) is 11.6 Å². The van der Waals surface area contributed by atoms with Gasteiger partial charge in [0.25, 0.3) is 0 Å². The van der Waals surface area contributed by atoms with E-state index in [4.69, 9.17) is 9.47 Å². The Bertz CT molecular complexity index is 961. The molecule has 1 saturated heterocycles. The van der Waals surface area contributed by atoms with Gasteiger partial charge in [-0.15, -0.1) is 0 Å². The Balaban J connectivity index is 1.89. The molecule has 0 bridgehead atoms. The van der Waals surface area contributed by atoms with E-state index in [1.165, 1.54) is 24.3 Å². The average Bonchev–Trinajstić information content (AvgIpc) is 3.24. The van der Waals surface area contributed by atoms with Crippen molar-refractivity contribution in [1.82, 2.24) is 28.7 Å². The van der Waals surface area contributed by atoms with Crippen molar-refractivity contribution in [3.05, 3.63) is 23.0 Å². The summed E-state index contributed by atoms with van der Waals surface area (Å²) in [5.41, 5.74) is -0.0339. The topological polar surface area (TPSA) is 129 Å². The van der Waals surface area contributed by atoms with Crippen molar-refractivity contribution in [2.24, 2.45) is 7.05 Å². The standard InChI is InChI=1S/C13H16N6O5/c1-17-5-15-19-11(22)7-10(16-13(17)19)18(4-14-7)12-8(21)9(23-2)6(3-20)24-12/h4-6,8-9,12,20-21H,3H2,1-2H3/t6-,8-,9-,12-/m1/s1. The molecule has 1 aliphatic heterocycles. The Morgan fingerprint density at radius 2 is 2.21 bits per heavy atom. The summed E-state index contributed by atoms with van der Waals surface area (Å²) in [6.45, 7) is -0.305. The van der Waals surface area contributed by atoms with Crippen LogP contribution in [-0.4, -0.2) is 71.0 Å². The molecule has 2 N–H and O–H groups in total. The van der Waals surface area contributed by atoms with E-state index in [9.17, 15) is 15.0 Å². The zero-order valence-corrected chi connectivity index (χ0v) is 13.0. The summed E-state index contributed by atoms with van der Waals surface area (Å²) in [6, 6.07) is 0. The molecule has 4 atom stereocenters. The fourth-order valence-corrected chi connectivity index (χ4v) is 3.04. The summed E-state index contributed by atoms with van der Waals surface area (Å²) in [6.07, 6.45) is -0.459. The quantitative estimate of drug-likeness (QED) is 0.564. The molecule has 24 heavy (non-hydrogen) atoms. The van der Waals surface area contributed by atoms with Crippen molar-refractivity contribution >= 4 is 16.9 Å². The fraction of sp³-hybridized carbons (Fsp3) is 0.538. The Hall–Kier alpha value is -2.34. The van der Waals surface area contributed by atoms with Gasteiger partial charge in [0.05, 0.1) is 12.9 Å². The van der Waals surface area contributed by atoms with Crippen molar-refractivity contribution in [3.63, 3.8) is 0 Å². The first-order valence-electron chi connectivity index (χ1n) is 7.31. The molecule has 0 spiro atoms. The van der Waals surface area contributed by atoms with E-state index < -0.39 is 30.1 Å². The van der Waals surface area contributed by atoms with E-state index >= 15 is 0 Å². The minimum atomic E-state index is -1.05. The number of aliphatic hydroxyl groups excluding tert-OH is 2. The largest absolute Gasteiger partial charge is 0.394 e. The van der Waals surface area contributed by atoms with Gasteiger partial charge in [0.1, 0.15) is 24.6 Å². The van der Waals surface area contributed by atoms with Gasteiger partial charge in [0, 0.05) is 14.2 Å². The summed E-state index contributed by atoms with van der Waals surface area (Å²) in [5, 5.41) is 23.8. The second-order valence-electron chi connectivity index (χ2n) is 5.63. The second-order valence-corrected chi connectivity index (χ2v) is 5.63. The number of nitrogens with zero attached hydrogens (tertiary/aromatic N) is 6. The monoisotopic (exact) mass is 336 g/mol. The number of aromatic nitrogens is 6. The zero-order valence-electron chi connectivity index (χ0n) is 13.0. The maximum Gasteiger partial charge on any atom is 0.303 e. The van der Waals surface area contributed by atoms with Crippen LogP contribution in [0.5, 0.6) is 0 Å². The molecule has 0 amide bonds. The van der Waals surface area contributed by atoms with Gasteiger partial charge < -0.3 is 24.3 Å². The molecule has 11 heteroatoms. The highest BCUT2D eigenvalue weighted by molar-refractivity contribution is 5.71. The molecular weight excluding hydrogens is 320 g/mol. The first-order chi connectivity index (χ1) is 11.6. The van der Waals surface area contributed by atoms with Crippen molar-refractivity contribution in [2.75, 3.05) is 13.7 Å². The number of hydrogen-bond donors (Lipinski definition) is 2. The maximum atomic E-state index is 12.5. The second kappa shape index (κ2) is 5.34. The summed E-state index contributed by atoms with van der Waals surface area (Å²) in [5.74, 6) is 0.337. The highest BCUT2D eigenvalue weighted by Gasteiger charge is 2.45. The predicted molar refractivity (Wildman–Crippen MR) is 79.3 cm³/mol. The molecule has 1 fully saturated rings. The Morgan fingerprint density at radius 3 is 2.88 bits per heavy atom. The van der Waals surface area contributed by atoms with Gasteiger partial charge in [-0.25, -0.2) is 4.98 Å². The summed E-state index contributed by atoms with van der Waals surface area (Å²) < 4.78 is 15.1. The lowest BCUT2D eigenvalue weighted by molar-refractivity contribution is -0.0535. The number of aliphatic hydroxyl groups is 2. The molecule has 4 heterocycles. The van der Waals surface area contributed by atoms with Crippen LogP contribution in [0.2, 0.25) is 0 Å². The van der Waals surface area contributed by atoms with Gasteiger partial charge in [-0.3, -0.25) is 9.36 Å². The third kappa shape index (κ3) is 1.92. The third-order valence-corrected chi connectivity index (χ3v) is 4.25. The maximum absolute atomic E-state index is 12.5. The van der Waals surface area contributed by atoms with Gasteiger partial charge in [-0.2, -0.15) is 14.6 Å². The van der Waals surface area contributed by atoms with E-state index in [0.717, 1.165) is 4.52 Å². The normalized spacial score (nSPS) is 27.5. The lowest BCUT2D eigenvalue weighted by Crippen LogP contribution is -2.35. The SMILES string of the molecule is CO[C@H]1[C@@H](O)[C@H](n2cnc3c(=O)n4ncn(C)c4nc32)O[C@@H]1CO. The van der Waals surface area contributed by atoms with Crippen LogP contribution < -0.4 is 5.56 Å². The van der Waals surface area contributed by atoms with E-state index in [0.29, 0.717) is 5.78 Å². The molecule has 4 rings (SSSR count). The molecule has 0 aliphatic carbocycles. The van der Waals surface area contributed by atoms with Gasteiger partial charge in [-0.05, 0) is 0 Å². The molecule has 3 aromatic rings. The average molecular weight is 336 g/mol. The summed E-state index contributed by atoms with van der Waals surface area (Å²) >= 11 is 0. The van der Waals surface area contributed by atoms with Gasteiger partial charge in [0.15, 0.2) is 17.4 Å². The van der Waals surface area contributed by atoms with Crippen molar-refractivity contribution in [3.8, 4) is 0 Å². The number of imidazole rings is 1. The molecule has 0 unspecified atom stereocenters.